The highest BCUT2D eigenvalue weighted by atomic mass is 35.5. The Balaban J connectivity index is 1.80. The predicted octanol–water partition coefficient (Wildman–Crippen LogP) is 2.55. The fourth-order valence-electron chi connectivity index (χ4n) is 3.69. The van der Waals surface area contributed by atoms with Crippen molar-refractivity contribution in [3.63, 3.8) is 0 Å². The van der Waals surface area contributed by atoms with Crippen molar-refractivity contribution >= 4 is 17.5 Å². The lowest BCUT2D eigenvalue weighted by Crippen LogP contribution is -2.38. The summed E-state index contributed by atoms with van der Waals surface area (Å²) in [7, 11) is 1.56. The fourth-order valence-corrected chi connectivity index (χ4v) is 3.86. The first-order valence-electron chi connectivity index (χ1n) is 7.48. The van der Waals surface area contributed by atoms with Crippen LogP contribution in [0.2, 0.25) is 5.02 Å². The second kappa shape index (κ2) is 5.85. The summed E-state index contributed by atoms with van der Waals surface area (Å²) in [6, 6.07) is 5.38. The van der Waals surface area contributed by atoms with Gasteiger partial charge in [0, 0.05) is 24.2 Å². The highest BCUT2D eigenvalue weighted by Gasteiger charge is 2.40. The van der Waals surface area contributed by atoms with E-state index in [4.69, 9.17) is 22.1 Å². The lowest BCUT2D eigenvalue weighted by molar-refractivity contribution is 0.0780. The summed E-state index contributed by atoms with van der Waals surface area (Å²) in [5.41, 5.74) is 6.79. The molecule has 1 aromatic rings. The van der Waals surface area contributed by atoms with Gasteiger partial charge in [0.2, 0.25) is 0 Å². The van der Waals surface area contributed by atoms with E-state index in [0.29, 0.717) is 28.2 Å². The standard InChI is InChI=1S/C16H21ClN2O2/c1-21-15-7-11(17)5-6-12(15)16(20)19-8-10-3-2-4-14(18)13(10)9-19/h5-7,10,13-14H,2-4,8-9,18H2,1H3. The van der Waals surface area contributed by atoms with Gasteiger partial charge in [-0.05, 0) is 42.9 Å². The number of carbonyl (C=O) groups excluding carboxylic acids is 1. The number of nitrogens with zero attached hydrogens (tertiary/aromatic N) is 1. The maximum atomic E-state index is 12.8. The van der Waals surface area contributed by atoms with Crippen LogP contribution in [0.4, 0.5) is 0 Å². The maximum Gasteiger partial charge on any atom is 0.257 e. The lowest BCUT2D eigenvalue weighted by atomic mass is 9.78. The van der Waals surface area contributed by atoms with Crippen molar-refractivity contribution in [1.29, 1.82) is 0 Å². The first-order chi connectivity index (χ1) is 10.1. The monoisotopic (exact) mass is 308 g/mol. The topological polar surface area (TPSA) is 55.6 Å². The number of likely N-dealkylation sites (tertiary alicyclic amines) is 1. The molecule has 1 saturated heterocycles. The second-order valence-electron chi connectivity index (χ2n) is 6.07. The number of rotatable bonds is 2. The van der Waals surface area contributed by atoms with E-state index in [1.807, 2.05) is 4.90 Å². The number of hydrogen-bond donors (Lipinski definition) is 1. The molecule has 1 aliphatic carbocycles. The Morgan fingerprint density at radius 1 is 1.38 bits per heavy atom. The van der Waals surface area contributed by atoms with Crippen LogP contribution < -0.4 is 10.5 Å². The molecule has 3 atom stereocenters. The van der Waals surface area contributed by atoms with Crippen molar-refractivity contribution in [2.24, 2.45) is 17.6 Å². The zero-order valence-electron chi connectivity index (χ0n) is 12.2. The van der Waals surface area contributed by atoms with E-state index < -0.39 is 0 Å². The highest BCUT2D eigenvalue weighted by molar-refractivity contribution is 6.30. The third kappa shape index (κ3) is 2.74. The third-order valence-corrected chi connectivity index (χ3v) is 5.07. The Hall–Kier alpha value is -1.26. The number of methoxy groups -OCH3 is 1. The molecule has 2 aliphatic rings. The van der Waals surface area contributed by atoms with Crippen LogP contribution in [0.1, 0.15) is 29.6 Å². The molecule has 0 radical (unpaired) electrons. The van der Waals surface area contributed by atoms with Gasteiger partial charge in [-0.15, -0.1) is 0 Å². The van der Waals surface area contributed by atoms with Crippen molar-refractivity contribution in [3.05, 3.63) is 28.8 Å². The number of amides is 1. The van der Waals surface area contributed by atoms with E-state index in [1.165, 1.54) is 12.8 Å². The Bertz CT molecular complexity index is 549. The van der Waals surface area contributed by atoms with Crippen molar-refractivity contribution in [1.82, 2.24) is 4.90 Å². The average molecular weight is 309 g/mol. The van der Waals surface area contributed by atoms with Crippen LogP contribution >= 0.6 is 11.6 Å². The van der Waals surface area contributed by atoms with Crippen molar-refractivity contribution in [2.45, 2.75) is 25.3 Å². The zero-order chi connectivity index (χ0) is 15.0. The van der Waals surface area contributed by atoms with Gasteiger partial charge < -0.3 is 15.4 Å². The first-order valence-corrected chi connectivity index (χ1v) is 7.86. The third-order valence-electron chi connectivity index (χ3n) is 4.84. The molecule has 1 heterocycles. The molecule has 0 bridgehead atoms. The van der Waals surface area contributed by atoms with Gasteiger partial charge in [0.25, 0.3) is 5.91 Å². The van der Waals surface area contributed by atoms with Crippen molar-refractivity contribution in [3.8, 4) is 5.75 Å². The van der Waals surface area contributed by atoms with E-state index in [9.17, 15) is 4.79 Å². The van der Waals surface area contributed by atoms with E-state index in [-0.39, 0.29) is 11.9 Å². The summed E-state index contributed by atoms with van der Waals surface area (Å²) in [6.07, 6.45) is 3.43. The largest absolute Gasteiger partial charge is 0.496 e. The Labute approximate surface area is 130 Å². The van der Waals surface area contributed by atoms with Gasteiger partial charge in [0.05, 0.1) is 12.7 Å². The van der Waals surface area contributed by atoms with Gasteiger partial charge in [0.1, 0.15) is 5.75 Å². The van der Waals surface area contributed by atoms with Gasteiger partial charge in [-0.2, -0.15) is 0 Å². The van der Waals surface area contributed by atoms with E-state index in [2.05, 4.69) is 0 Å². The second-order valence-corrected chi connectivity index (χ2v) is 6.51. The minimum absolute atomic E-state index is 0.0186. The number of carbonyl (C=O) groups is 1. The molecule has 114 valence electrons. The average Bonchev–Trinajstić information content (AvgIpc) is 2.92. The molecule has 2 N–H and O–H groups in total. The Kier molecular flexibility index (Phi) is 4.09. The van der Waals surface area contributed by atoms with Crippen LogP contribution in [0.25, 0.3) is 0 Å². The fraction of sp³-hybridized carbons (Fsp3) is 0.562. The van der Waals surface area contributed by atoms with Gasteiger partial charge in [-0.1, -0.05) is 18.0 Å². The van der Waals surface area contributed by atoms with Crippen LogP contribution in [0.5, 0.6) is 5.75 Å². The molecule has 0 aromatic heterocycles. The van der Waals surface area contributed by atoms with Crippen LogP contribution in [0, 0.1) is 11.8 Å². The molecule has 1 amide bonds. The summed E-state index contributed by atoms with van der Waals surface area (Å²) < 4.78 is 5.29. The molecule has 1 aliphatic heterocycles. The van der Waals surface area contributed by atoms with Gasteiger partial charge in [-0.3, -0.25) is 4.79 Å². The van der Waals surface area contributed by atoms with E-state index in [1.54, 1.807) is 25.3 Å². The van der Waals surface area contributed by atoms with Crippen LogP contribution in [0.3, 0.4) is 0 Å². The maximum absolute atomic E-state index is 12.8. The molecule has 21 heavy (non-hydrogen) atoms. The van der Waals surface area contributed by atoms with Crippen LogP contribution in [-0.2, 0) is 0 Å². The summed E-state index contributed by atoms with van der Waals surface area (Å²) >= 11 is 5.96. The molecule has 3 unspecified atom stereocenters. The molecule has 4 nitrogen and oxygen atoms in total. The van der Waals surface area contributed by atoms with E-state index >= 15 is 0 Å². The molecule has 1 aromatic carbocycles. The van der Waals surface area contributed by atoms with Crippen molar-refractivity contribution < 1.29 is 9.53 Å². The van der Waals surface area contributed by atoms with Gasteiger partial charge in [-0.25, -0.2) is 0 Å². The minimum atomic E-state index is 0.0186. The number of nitrogens with two attached hydrogens (primary N) is 1. The Morgan fingerprint density at radius 2 is 2.19 bits per heavy atom. The molecule has 5 heteroatoms. The quantitative estimate of drug-likeness (QED) is 0.913. The predicted molar refractivity (Wildman–Crippen MR) is 82.7 cm³/mol. The van der Waals surface area contributed by atoms with Gasteiger partial charge >= 0.3 is 0 Å². The highest BCUT2D eigenvalue weighted by Crippen LogP contribution is 2.36. The number of ether oxygens (including phenoxy) is 1. The number of benzene rings is 1. The summed E-state index contributed by atoms with van der Waals surface area (Å²) in [4.78, 5) is 14.7. The summed E-state index contributed by atoms with van der Waals surface area (Å²) in [5.74, 6) is 1.55. The molecule has 0 spiro atoms. The lowest BCUT2D eigenvalue weighted by Gasteiger charge is -2.29. The smallest absolute Gasteiger partial charge is 0.257 e. The summed E-state index contributed by atoms with van der Waals surface area (Å²) in [5, 5.41) is 0.570. The van der Waals surface area contributed by atoms with Crippen molar-refractivity contribution in [2.75, 3.05) is 20.2 Å². The SMILES string of the molecule is COc1cc(Cl)ccc1C(=O)N1CC2CCCC(N)C2C1. The van der Waals surface area contributed by atoms with E-state index in [0.717, 1.165) is 19.5 Å². The number of halogens is 1. The zero-order valence-corrected chi connectivity index (χ0v) is 13.0. The van der Waals surface area contributed by atoms with Crippen LogP contribution in [-0.4, -0.2) is 37.0 Å². The molecule has 2 fully saturated rings. The number of fused-ring (bicyclic) bond motifs is 1. The molecular formula is C16H21ClN2O2. The molecule has 1 saturated carbocycles. The molecule has 3 rings (SSSR count). The Morgan fingerprint density at radius 3 is 2.90 bits per heavy atom. The van der Waals surface area contributed by atoms with Crippen LogP contribution in [0.15, 0.2) is 18.2 Å². The normalized spacial score (nSPS) is 28.3. The molecular weight excluding hydrogens is 288 g/mol. The minimum Gasteiger partial charge on any atom is -0.496 e. The van der Waals surface area contributed by atoms with Gasteiger partial charge in [0.15, 0.2) is 0 Å². The summed E-state index contributed by atoms with van der Waals surface area (Å²) in [6.45, 7) is 1.57. The first kappa shape index (κ1) is 14.7. The number of hydrogen-bond acceptors (Lipinski definition) is 3.